The molecule has 0 heterocycles. The Morgan fingerprint density at radius 1 is 1.42 bits per heavy atom. The Balaban J connectivity index is 1.91. The van der Waals surface area contributed by atoms with Gasteiger partial charge < -0.3 is 11.1 Å². The fraction of sp³-hybridized carbons (Fsp3) is 0.533. The summed E-state index contributed by atoms with van der Waals surface area (Å²) in [6.45, 7) is 3.07. The van der Waals surface area contributed by atoms with Crippen LogP contribution in [0.3, 0.4) is 0 Å². The number of halogens is 1. The maximum atomic E-state index is 12.1. The smallest absolute Gasteiger partial charge is 0.251 e. The highest BCUT2D eigenvalue weighted by molar-refractivity contribution is 9.10. The third kappa shape index (κ3) is 3.72. The number of rotatable bonds is 3. The summed E-state index contributed by atoms with van der Waals surface area (Å²) >= 11 is 3.35. The topological polar surface area (TPSA) is 55.1 Å². The summed E-state index contributed by atoms with van der Waals surface area (Å²) in [5, 5.41) is 3.05. The minimum absolute atomic E-state index is 0.0153. The Bertz CT molecular complexity index is 461. The molecule has 1 aromatic carbocycles. The normalized spacial score (nSPS) is 23.1. The van der Waals surface area contributed by atoms with E-state index in [1.165, 1.54) is 25.7 Å². The van der Waals surface area contributed by atoms with Gasteiger partial charge >= 0.3 is 0 Å². The van der Waals surface area contributed by atoms with Crippen molar-refractivity contribution in [1.29, 1.82) is 0 Å². The van der Waals surface area contributed by atoms with Crippen LogP contribution in [0.15, 0.2) is 22.7 Å². The van der Waals surface area contributed by atoms with E-state index in [-0.39, 0.29) is 5.91 Å². The van der Waals surface area contributed by atoms with Crippen molar-refractivity contribution in [3.05, 3.63) is 28.2 Å². The Kier molecular flexibility index (Phi) is 4.86. The summed E-state index contributed by atoms with van der Waals surface area (Å²) in [4.78, 5) is 12.1. The number of carbonyl (C=O) groups is 1. The average Bonchev–Trinajstić information content (AvgIpc) is 2.40. The Morgan fingerprint density at radius 2 is 2.16 bits per heavy atom. The molecule has 3 nitrogen and oxygen atoms in total. The van der Waals surface area contributed by atoms with Crippen molar-refractivity contribution in [3.8, 4) is 0 Å². The highest BCUT2D eigenvalue weighted by Crippen LogP contribution is 2.29. The van der Waals surface area contributed by atoms with Crippen molar-refractivity contribution in [2.24, 2.45) is 11.8 Å². The number of hydrogen-bond donors (Lipinski definition) is 2. The molecule has 0 aromatic heterocycles. The molecule has 4 heteroatoms. The molecule has 0 radical (unpaired) electrons. The summed E-state index contributed by atoms with van der Waals surface area (Å²) in [6, 6.07) is 5.29. The first-order valence-corrected chi connectivity index (χ1v) is 7.70. The van der Waals surface area contributed by atoms with Gasteiger partial charge in [-0.3, -0.25) is 4.79 Å². The van der Waals surface area contributed by atoms with Gasteiger partial charge in [-0.25, -0.2) is 0 Å². The van der Waals surface area contributed by atoms with Crippen LogP contribution in [0.5, 0.6) is 0 Å². The predicted molar refractivity (Wildman–Crippen MR) is 82.0 cm³/mol. The van der Waals surface area contributed by atoms with Crippen molar-refractivity contribution < 1.29 is 4.79 Å². The third-order valence-electron chi connectivity index (χ3n) is 4.08. The van der Waals surface area contributed by atoms with Gasteiger partial charge in [0.15, 0.2) is 0 Å². The molecule has 1 saturated carbocycles. The molecule has 0 aliphatic heterocycles. The molecule has 3 N–H and O–H groups in total. The van der Waals surface area contributed by atoms with E-state index in [0.717, 1.165) is 11.0 Å². The van der Waals surface area contributed by atoms with E-state index in [4.69, 9.17) is 5.73 Å². The molecule has 2 unspecified atom stereocenters. The van der Waals surface area contributed by atoms with E-state index >= 15 is 0 Å². The highest BCUT2D eigenvalue weighted by atomic mass is 79.9. The lowest BCUT2D eigenvalue weighted by Gasteiger charge is -2.28. The van der Waals surface area contributed by atoms with Crippen LogP contribution in [0, 0.1) is 11.8 Å². The number of benzene rings is 1. The monoisotopic (exact) mass is 324 g/mol. The maximum Gasteiger partial charge on any atom is 0.251 e. The molecule has 0 saturated heterocycles. The number of nitrogens with two attached hydrogens (primary N) is 1. The summed E-state index contributed by atoms with van der Waals surface area (Å²) in [5.74, 6) is 1.32. The number of anilines is 1. The molecule has 104 valence electrons. The zero-order valence-corrected chi connectivity index (χ0v) is 12.9. The second-order valence-electron chi connectivity index (χ2n) is 5.47. The predicted octanol–water partition coefficient (Wildman–Crippen LogP) is 3.59. The van der Waals surface area contributed by atoms with Crippen molar-refractivity contribution in [1.82, 2.24) is 5.32 Å². The van der Waals surface area contributed by atoms with Crippen molar-refractivity contribution in [3.63, 3.8) is 0 Å². The average molecular weight is 325 g/mol. The van der Waals surface area contributed by atoms with Crippen LogP contribution < -0.4 is 11.1 Å². The molecular formula is C15H21BrN2O. The van der Waals surface area contributed by atoms with Gasteiger partial charge in [-0.05, 0) is 52.4 Å². The number of carbonyl (C=O) groups excluding carboxylic acids is 1. The summed E-state index contributed by atoms with van der Waals surface area (Å²) in [6.07, 6.45) is 5.13. The van der Waals surface area contributed by atoms with E-state index in [1.807, 2.05) is 0 Å². The molecular weight excluding hydrogens is 304 g/mol. The Morgan fingerprint density at radius 3 is 2.84 bits per heavy atom. The van der Waals surface area contributed by atoms with Crippen LogP contribution in [0.1, 0.15) is 43.0 Å². The van der Waals surface area contributed by atoms with Gasteiger partial charge in [-0.2, -0.15) is 0 Å². The van der Waals surface area contributed by atoms with E-state index in [9.17, 15) is 4.79 Å². The van der Waals surface area contributed by atoms with Crippen LogP contribution >= 0.6 is 15.9 Å². The summed E-state index contributed by atoms with van der Waals surface area (Å²) in [5.41, 5.74) is 7.03. The lowest BCUT2D eigenvalue weighted by Crippen LogP contribution is -2.33. The molecule has 1 amide bonds. The number of hydrogen-bond acceptors (Lipinski definition) is 2. The number of amides is 1. The molecule has 1 aliphatic carbocycles. The van der Waals surface area contributed by atoms with Gasteiger partial charge in [-0.15, -0.1) is 0 Å². The zero-order chi connectivity index (χ0) is 13.8. The van der Waals surface area contributed by atoms with Crippen LogP contribution in [0.4, 0.5) is 5.69 Å². The Hall–Kier alpha value is -1.03. The lowest BCUT2D eigenvalue weighted by atomic mass is 9.80. The molecule has 1 aromatic rings. The second-order valence-corrected chi connectivity index (χ2v) is 6.32. The Labute approximate surface area is 123 Å². The summed E-state index contributed by atoms with van der Waals surface area (Å²) < 4.78 is 0.770. The van der Waals surface area contributed by atoms with Crippen molar-refractivity contribution >= 4 is 27.5 Å². The van der Waals surface area contributed by atoms with Crippen LogP contribution in [0.25, 0.3) is 0 Å². The summed E-state index contributed by atoms with van der Waals surface area (Å²) in [7, 11) is 0. The van der Waals surface area contributed by atoms with E-state index in [2.05, 4.69) is 28.2 Å². The molecule has 0 bridgehead atoms. The van der Waals surface area contributed by atoms with Gasteiger partial charge in [0, 0.05) is 22.3 Å². The standard InChI is InChI=1S/C15H21BrN2O/c1-10-4-2-3-5-12(10)9-18-15(19)11-6-7-14(17)13(16)8-11/h6-8,10,12H,2-5,9,17H2,1H3,(H,18,19). The van der Waals surface area contributed by atoms with E-state index in [0.29, 0.717) is 23.1 Å². The maximum absolute atomic E-state index is 12.1. The van der Waals surface area contributed by atoms with E-state index in [1.54, 1.807) is 18.2 Å². The van der Waals surface area contributed by atoms with Gasteiger partial charge in [0.2, 0.25) is 0 Å². The SMILES string of the molecule is CC1CCCCC1CNC(=O)c1ccc(N)c(Br)c1. The van der Waals surface area contributed by atoms with Crippen LogP contribution in [-0.2, 0) is 0 Å². The van der Waals surface area contributed by atoms with Crippen LogP contribution in [-0.4, -0.2) is 12.5 Å². The van der Waals surface area contributed by atoms with Crippen LogP contribution in [0.2, 0.25) is 0 Å². The fourth-order valence-corrected chi connectivity index (χ4v) is 3.07. The molecule has 19 heavy (non-hydrogen) atoms. The molecule has 1 aliphatic rings. The van der Waals surface area contributed by atoms with Gasteiger partial charge in [-0.1, -0.05) is 26.2 Å². The first kappa shape index (κ1) is 14.4. The fourth-order valence-electron chi connectivity index (χ4n) is 2.69. The highest BCUT2D eigenvalue weighted by Gasteiger charge is 2.21. The molecule has 2 rings (SSSR count). The number of nitrogens with one attached hydrogen (secondary N) is 1. The minimum Gasteiger partial charge on any atom is -0.398 e. The molecule has 0 spiro atoms. The van der Waals surface area contributed by atoms with Gasteiger partial charge in [0.05, 0.1) is 0 Å². The third-order valence-corrected chi connectivity index (χ3v) is 4.76. The first-order chi connectivity index (χ1) is 9.08. The quantitative estimate of drug-likeness (QED) is 0.835. The molecule has 2 atom stereocenters. The number of nitrogen functional groups attached to an aromatic ring is 1. The largest absolute Gasteiger partial charge is 0.398 e. The van der Waals surface area contributed by atoms with Crippen molar-refractivity contribution in [2.45, 2.75) is 32.6 Å². The van der Waals surface area contributed by atoms with E-state index < -0.39 is 0 Å². The zero-order valence-electron chi connectivity index (χ0n) is 11.3. The van der Waals surface area contributed by atoms with Crippen molar-refractivity contribution in [2.75, 3.05) is 12.3 Å². The lowest BCUT2D eigenvalue weighted by molar-refractivity contribution is 0.0936. The van der Waals surface area contributed by atoms with Gasteiger partial charge in [0.25, 0.3) is 5.91 Å². The first-order valence-electron chi connectivity index (χ1n) is 6.91. The second kappa shape index (κ2) is 6.42. The van der Waals surface area contributed by atoms with Gasteiger partial charge in [0.1, 0.15) is 0 Å². The minimum atomic E-state index is -0.0153. The molecule has 1 fully saturated rings.